The minimum absolute atomic E-state index is 0.0548. The second kappa shape index (κ2) is 9.09. The summed E-state index contributed by atoms with van der Waals surface area (Å²) in [5.74, 6) is 1.29. The molecule has 3 aromatic rings. The van der Waals surface area contributed by atoms with Crippen molar-refractivity contribution in [1.29, 1.82) is 0 Å². The van der Waals surface area contributed by atoms with Gasteiger partial charge in [0.2, 0.25) is 5.91 Å². The SMILES string of the molecule is CCOc1ccc(C=CC(=O)N(C)Cc2cccc3ccccc23)cc1OC. The zero-order valence-corrected chi connectivity index (χ0v) is 16.5. The zero-order valence-electron chi connectivity index (χ0n) is 16.5. The van der Waals surface area contributed by atoms with Gasteiger partial charge in [-0.05, 0) is 47.0 Å². The van der Waals surface area contributed by atoms with Gasteiger partial charge in [0.15, 0.2) is 11.5 Å². The van der Waals surface area contributed by atoms with Crippen LogP contribution in [0.4, 0.5) is 0 Å². The highest BCUT2D eigenvalue weighted by Gasteiger charge is 2.09. The Morgan fingerprint density at radius 3 is 2.61 bits per heavy atom. The van der Waals surface area contributed by atoms with Gasteiger partial charge < -0.3 is 14.4 Å². The molecule has 0 aromatic heterocycles. The van der Waals surface area contributed by atoms with Gasteiger partial charge in [-0.1, -0.05) is 48.5 Å². The Balaban J connectivity index is 1.71. The lowest BCUT2D eigenvalue weighted by atomic mass is 10.0. The molecule has 3 rings (SSSR count). The van der Waals surface area contributed by atoms with Crippen molar-refractivity contribution in [2.24, 2.45) is 0 Å². The second-order valence-corrected chi connectivity index (χ2v) is 6.51. The van der Waals surface area contributed by atoms with Crippen LogP contribution < -0.4 is 9.47 Å². The molecule has 0 saturated heterocycles. The zero-order chi connectivity index (χ0) is 19.9. The number of hydrogen-bond acceptors (Lipinski definition) is 3. The molecule has 0 aliphatic rings. The standard InChI is InChI=1S/C24H25NO3/c1-4-28-22-14-12-18(16-23(22)27-3)13-15-24(26)25(2)17-20-10-7-9-19-8-5-6-11-21(19)20/h5-16H,4,17H2,1-3H3. The highest BCUT2D eigenvalue weighted by molar-refractivity contribution is 5.92. The first kappa shape index (κ1) is 19.5. The largest absolute Gasteiger partial charge is 0.493 e. The molecule has 28 heavy (non-hydrogen) atoms. The Kier molecular flexibility index (Phi) is 6.33. The van der Waals surface area contributed by atoms with E-state index in [0.717, 1.165) is 11.1 Å². The van der Waals surface area contributed by atoms with Crippen LogP contribution >= 0.6 is 0 Å². The van der Waals surface area contributed by atoms with Crippen LogP contribution in [0.25, 0.3) is 16.8 Å². The summed E-state index contributed by atoms with van der Waals surface area (Å²) in [5, 5.41) is 2.35. The number of nitrogens with zero attached hydrogens (tertiary/aromatic N) is 1. The summed E-state index contributed by atoms with van der Waals surface area (Å²) in [4.78, 5) is 14.3. The van der Waals surface area contributed by atoms with Crippen LogP contribution in [0, 0.1) is 0 Å². The predicted octanol–water partition coefficient (Wildman–Crippen LogP) is 4.92. The normalized spacial score (nSPS) is 11.0. The maximum absolute atomic E-state index is 12.6. The highest BCUT2D eigenvalue weighted by atomic mass is 16.5. The van der Waals surface area contributed by atoms with Crippen molar-refractivity contribution >= 4 is 22.8 Å². The first-order chi connectivity index (χ1) is 13.6. The maximum Gasteiger partial charge on any atom is 0.246 e. The minimum atomic E-state index is -0.0548. The van der Waals surface area contributed by atoms with E-state index >= 15 is 0 Å². The van der Waals surface area contributed by atoms with Crippen molar-refractivity contribution in [1.82, 2.24) is 4.90 Å². The lowest BCUT2D eigenvalue weighted by Crippen LogP contribution is -2.24. The van der Waals surface area contributed by atoms with Gasteiger partial charge in [0.1, 0.15) is 0 Å². The van der Waals surface area contributed by atoms with E-state index in [2.05, 4.69) is 24.3 Å². The van der Waals surface area contributed by atoms with Crippen molar-refractivity contribution in [3.05, 3.63) is 77.9 Å². The molecule has 0 radical (unpaired) electrons. The summed E-state index contributed by atoms with van der Waals surface area (Å²) < 4.78 is 10.9. The van der Waals surface area contributed by atoms with Crippen LogP contribution in [-0.4, -0.2) is 31.6 Å². The Bertz CT molecular complexity index is 989. The molecule has 0 aliphatic heterocycles. The molecular weight excluding hydrogens is 350 g/mol. The number of amides is 1. The number of carbonyl (C=O) groups excluding carboxylic acids is 1. The minimum Gasteiger partial charge on any atom is -0.493 e. The van der Waals surface area contributed by atoms with Crippen molar-refractivity contribution in [3.63, 3.8) is 0 Å². The van der Waals surface area contributed by atoms with Crippen molar-refractivity contribution in [2.45, 2.75) is 13.5 Å². The van der Waals surface area contributed by atoms with Crippen LogP contribution in [-0.2, 0) is 11.3 Å². The molecule has 0 N–H and O–H groups in total. The van der Waals surface area contributed by atoms with E-state index in [-0.39, 0.29) is 5.91 Å². The van der Waals surface area contributed by atoms with Crippen LogP contribution in [0.15, 0.2) is 66.7 Å². The first-order valence-corrected chi connectivity index (χ1v) is 9.33. The third-order valence-corrected chi connectivity index (χ3v) is 4.57. The summed E-state index contributed by atoms with van der Waals surface area (Å²) in [6.45, 7) is 3.05. The smallest absolute Gasteiger partial charge is 0.246 e. The van der Waals surface area contributed by atoms with Gasteiger partial charge in [-0.3, -0.25) is 4.79 Å². The van der Waals surface area contributed by atoms with Gasteiger partial charge in [-0.2, -0.15) is 0 Å². The molecule has 0 spiro atoms. The molecule has 0 aliphatic carbocycles. The lowest BCUT2D eigenvalue weighted by Gasteiger charge is -2.17. The number of rotatable bonds is 7. The predicted molar refractivity (Wildman–Crippen MR) is 114 cm³/mol. The molecule has 4 heteroatoms. The molecule has 0 saturated carbocycles. The van der Waals surface area contributed by atoms with E-state index in [0.29, 0.717) is 24.7 Å². The Morgan fingerprint density at radius 2 is 1.82 bits per heavy atom. The summed E-state index contributed by atoms with van der Waals surface area (Å²) in [7, 11) is 3.42. The molecule has 0 unspecified atom stereocenters. The number of likely N-dealkylation sites (N-methyl/N-ethyl adjacent to an activating group) is 1. The second-order valence-electron chi connectivity index (χ2n) is 6.51. The van der Waals surface area contributed by atoms with Gasteiger partial charge in [-0.15, -0.1) is 0 Å². The molecule has 3 aromatic carbocycles. The van der Waals surface area contributed by atoms with Gasteiger partial charge in [0.05, 0.1) is 13.7 Å². The van der Waals surface area contributed by atoms with E-state index in [1.807, 2.05) is 50.4 Å². The average molecular weight is 375 g/mol. The van der Waals surface area contributed by atoms with Crippen LogP contribution in [0.5, 0.6) is 11.5 Å². The Hall–Kier alpha value is -3.27. The molecule has 0 fully saturated rings. The lowest BCUT2D eigenvalue weighted by molar-refractivity contribution is -0.125. The van der Waals surface area contributed by atoms with E-state index in [4.69, 9.17) is 9.47 Å². The number of benzene rings is 3. The van der Waals surface area contributed by atoms with Gasteiger partial charge in [0, 0.05) is 19.7 Å². The maximum atomic E-state index is 12.6. The van der Waals surface area contributed by atoms with Crippen LogP contribution in [0.2, 0.25) is 0 Å². The fourth-order valence-electron chi connectivity index (χ4n) is 3.12. The summed E-state index contributed by atoms with van der Waals surface area (Å²) >= 11 is 0. The molecular formula is C24H25NO3. The quantitative estimate of drug-likeness (QED) is 0.550. The third kappa shape index (κ3) is 4.52. The first-order valence-electron chi connectivity index (χ1n) is 9.33. The topological polar surface area (TPSA) is 38.8 Å². The Labute approximate surface area is 166 Å². The number of fused-ring (bicyclic) bond motifs is 1. The summed E-state index contributed by atoms with van der Waals surface area (Å²) in [5.41, 5.74) is 2.01. The van der Waals surface area contributed by atoms with Gasteiger partial charge in [0.25, 0.3) is 0 Å². The molecule has 0 bridgehead atoms. The monoisotopic (exact) mass is 375 g/mol. The molecule has 0 heterocycles. The molecule has 0 atom stereocenters. The Morgan fingerprint density at radius 1 is 1.04 bits per heavy atom. The molecule has 1 amide bonds. The van der Waals surface area contributed by atoms with Crippen molar-refractivity contribution < 1.29 is 14.3 Å². The van der Waals surface area contributed by atoms with E-state index in [1.54, 1.807) is 24.2 Å². The van der Waals surface area contributed by atoms with Crippen molar-refractivity contribution in [2.75, 3.05) is 20.8 Å². The van der Waals surface area contributed by atoms with Crippen LogP contribution in [0.3, 0.4) is 0 Å². The van der Waals surface area contributed by atoms with Crippen LogP contribution in [0.1, 0.15) is 18.1 Å². The van der Waals surface area contributed by atoms with Gasteiger partial charge >= 0.3 is 0 Å². The fraction of sp³-hybridized carbons (Fsp3) is 0.208. The summed E-state index contributed by atoms with van der Waals surface area (Å²) in [6.07, 6.45) is 3.38. The molecule has 144 valence electrons. The third-order valence-electron chi connectivity index (χ3n) is 4.57. The summed E-state index contributed by atoms with van der Waals surface area (Å²) in [6, 6.07) is 20.0. The fourth-order valence-corrected chi connectivity index (χ4v) is 3.12. The highest BCUT2D eigenvalue weighted by Crippen LogP contribution is 2.28. The van der Waals surface area contributed by atoms with Crippen molar-refractivity contribution in [3.8, 4) is 11.5 Å². The van der Waals surface area contributed by atoms with Gasteiger partial charge in [-0.25, -0.2) is 0 Å². The molecule has 4 nitrogen and oxygen atoms in total. The number of hydrogen-bond donors (Lipinski definition) is 0. The van der Waals surface area contributed by atoms with E-state index in [1.165, 1.54) is 10.8 Å². The number of methoxy groups -OCH3 is 1. The average Bonchev–Trinajstić information content (AvgIpc) is 2.73. The number of carbonyl (C=O) groups is 1. The number of ether oxygens (including phenoxy) is 2. The van der Waals surface area contributed by atoms with E-state index in [9.17, 15) is 4.79 Å². The van der Waals surface area contributed by atoms with E-state index < -0.39 is 0 Å².